The fraction of sp³-hybridized carbons (Fsp3) is 0.462. The Bertz CT molecular complexity index is 479. The van der Waals surface area contributed by atoms with E-state index in [1.54, 1.807) is 12.1 Å². The Morgan fingerprint density at radius 2 is 2.37 bits per heavy atom. The lowest BCUT2D eigenvalue weighted by Crippen LogP contribution is -2.31. The van der Waals surface area contributed by atoms with Crippen molar-refractivity contribution in [2.24, 2.45) is 10.9 Å². The van der Waals surface area contributed by atoms with Gasteiger partial charge in [0.15, 0.2) is 5.84 Å². The highest BCUT2D eigenvalue weighted by molar-refractivity contribution is 5.97. The van der Waals surface area contributed by atoms with Gasteiger partial charge in [-0.2, -0.15) is 0 Å². The van der Waals surface area contributed by atoms with Crippen molar-refractivity contribution in [3.8, 4) is 0 Å². The highest BCUT2D eigenvalue weighted by atomic mass is 19.1. The predicted octanol–water partition coefficient (Wildman–Crippen LogP) is 1.54. The summed E-state index contributed by atoms with van der Waals surface area (Å²) in [4.78, 5) is 1.96. The molecule has 104 valence electrons. The maximum Gasteiger partial charge on any atom is 0.170 e. The van der Waals surface area contributed by atoms with Gasteiger partial charge in [0, 0.05) is 25.3 Å². The van der Waals surface area contributed by atoms with Crippen molar-refractivity contribution >= 4 is 11.5 Å². The van der Waals surface area contributed by atoms with E-state index in [9.17, 15) is 4.39 Å². The van der Waals surface area contributed by atoms with Gasteiger partial charge >= 0.3 is 0 Å². The summed E-state index contributed by atoms with van der Waals surface area (Å²) in [5, 5.41) is 11.4. The average Bonchev–Trinajstić information content (AvgIpc) is 2.62. The minimum Gasteiger partial charge on any atom is -0.409 e. The number of hydrogen-bond acceptors (Lipinski definition) is 4. The molecule has 3 N–H and O–H groups in total. The Morgan fingerprint density at radius 3 is 3.05 bits per heavy atom. The zero-order valence-electron chi connectivity index (χ0n) is 10.8. The summed E-state index contributed by atoms with van der Waals surface area (Å²) in [6.45, 7) is 4.08. The zero-order chi connectivity index (χ0) is 13.8. The number of amidine groups is 1. The number of hydrogen-bond donors (Lipinski definition) is 2. The molecule has 19 heavy (non-hydrogen) atoms. The van der Waals surface area contributed by atoms with Crippen LogP contribution in [0.25, 0.3) is 0 Å². The molecule has 0 spiro atoms. The first-order chi connectivity index (χ1) is 9.11. The Morgan fingerprint density at radius 1 is 1.58 bits per heavy atom. The van der Waals surface area contributed by atoms with Crippen LogP contribution < -0.4 is 10.6 Å². The maximum absolute atomic E-state index is 14.1. The molecule has 1 aromatic rings. The van der Waals surface area contributed by atoms with E-state index >= 15 is 0 Å². The van der Waals surface area contributed by atoms with E-state index in [1.165, 1.54) is 6.07 Å². The molecule has 0 radical (unpaired) electrons. The molecular weight excluding hydrogens is 249 g/mol. The summed E-state index contributed by atoms with van der Waals surface area (Å²) in [5.74, 6) is -0.476. The first kappa shape index (κ1) is 13.6. The molecule has 6 heteroatoms. The third-order valence-electron chi connectivity index (χ3n) is 3.14. The molecule has 0 bridgehead atoms. The van der Waals surface area contributed by atoms with Crippen LogP contribution in [0, 0.1) is 5.82 Å². The number of ether oxygens (including phenoxy) is 1. The number of nitrogens with zero attached hydrogens (tertiary/aromatic N) is 2. The van der Waals surface area contributed by atoms with Crippen LogP contribution in [-0.4, -0.2) is 36.8 Å². The van der Waals surface area contributed by atoms with Crippen LogP contribution in [0.3, 0.4) is 0 Å². The molecule has 1 aromatic carbocycles. The molecule has 2 rings (SSSR count). The largest absolute Gasteiger partial charge is 0.409 e. The molecule has 0 saturated carbocycles. The van der Waals surface area contributed by atoms with Gasteiger partial charge in [-0.15, -0.1) is 0 Å². The normalized spacial score (nSPS) is 21.3. The number of oxime groups is 1. The molecule has 0 amide bonds. The second kappa shape index (κ2) is 5.88. The molecule has 0 aliphatic carbocycles. The van der Waals surface area contributed by atoms with Gasteiger partial charge in [-0.25, -0.2) is 4.39 Å². The molecule has 1 atom stereocenters. The lowest BCUT2D eigenvalue weighted by atomic mass is 10.1. The minimum atomic E-state index is -0.377. The number of anilines is 1. The van der Waals surface area contributed by atoms with Crippen molar-refractivity contribution in [2.75, 3.05) is 24.6 Å². The zero-order valence-corrected chi connectivity index (χ0v) is 10.8. The van der Waals surface area contributed by atoms with Gasteiger partial charge < -0.3 is 20.6 Å². The van der Waals surface area contributed by atoms with Crippen LogP contribution >= 0.6 is 0 Å². The Kier molecular flexibility index (Phi) is 4.21. The van der Waals surface area contributed by atoms with Crippen molar-refractivity contribution in [3.05, 3.63) is 29.6 Å². The first-order valence-corrected chi connectivity index (χ1v) is 6.26. The summed E-state index contributed by atoms with van der Waals surface area (Å²) in [5.41, 5.74) is 6.32. The van der Waals surface area contributed by atoms with Crippen molar-refractivity contribution in [1.82, 2.24) is 0 Å². The number of halogens is 1. The number of rotatable bonds is 2. The smallest absolute Gasteiger partial charge is 0.170 e. The highest BCUT2D eigenvalue weighted by Crippen LogP contribution is 2.22. The van der Waals surface area contributed by atoms with Gasteiger partial charge in [0.1, 0.15) is 5.82 Å². The Hall–Kier alpha value is -1.82. The first-order valence-electron chi connectivity index (χ1n) is 6.26. The summed E-state index contributed by atoms with van der Waals surface area (Å²) >= 11 is 0. The van der Waals surface area contributed by atoms with Gasteiger partial charge in [-0.05, 0) is 31.5 Å². The standard InChI is InChI=1S/C13H18FN3O2/c1-9-8-17(5-2-6-19-9)12-4-3-10(7-11(12)14)13(15)16-18/h3-4,7,9,18H,2,5-6,8H2,1H3,(H2,15,16). The predicted molar refractivity (Wildman–Crippen MR) is 71.2 cm³/mol. The average molecular weight is 267 g/mol. The SMILES string of the molecule is CC1CN(c2ccc(C(N)=NO)cc2F)CCCO1. The lowest BCUT2D eigenvalue weighted by Gasteiger charge is -2.25. The van der Waals surface area contributed by atoms with E-state index < -0.39 is 0 Å². The second-order valence-electron chi connectivity index (χ2n) is 4.63. The van der Waals surface area contributed by atoms with Crippen LogP contribution in [-0.2, 0) is 4.74 Å². The fourth-order valence-corrected chi connectivity index (χ4v) is 2.19. The van der Waals surface area contributed by atoms with Crippen molar-refractivity contribution in [3.63, 3.8) is 0 Å². The van der Waals surface area contributed by atoms with Crippen molar-refractivity contribution in [1.29, 1.82) is 0 Å². The van der Waals surface area contributed by atoms with Gasteiger partial charge in [0.2, 0.25) is 0 Å². The summed E-state index contributed by atoms with van der Waals surface area (Å²) < 4.78 is 19.7. The van der Waals surface area contributed by atoms with Crippen molar-refractivity contribution < 1.29 is 14.3 Å². The molecule has 0 aromatic heterocycles. The van der Waals surface area contributed by atoms with Crippen molar-refractivity contribution in [2.45, 2.75) is 19.4 Å². The van der Waals surface area contributed by atoms with E-state index in [1.807, 2.05) is 11.8 Å². The van der Waals surface area contributed by atoms with Gasteiger partial charge in [-0.3, -0.25) is 0 Å². The molecule has 1 fully saturated rings. The van der Waals surface area contributed by atoms with E-state index in [-0.39, 0.29) is 17.8 Å². The molecular formula is C13H18FN3O2. The molecule has 5 nitrogen and oxygen atoms in total. The number of benzene rings is 1. The van der Waals surface area contributed by atoms with E-state index in [4.69, 9.17) is 15.7 Å². The van der Waals surface area contributed by atoms with E-state index in [0.29, 0.717) is 24.4 Å². The second-order valence-corrected chi connectivity index (χ2v) is 4.63. The monoisotopic (exact) mass is 267 g/mol. The fourth-order valence-electron chi connectivity index (χ4n) is 2.19. The third kappa shape index (κ3) is 3.14. The van der Waals surface area contributed by atoms with Gasteiger partial charge in [0.05, 0.1) is 11.8 Å². The lowest BCUT2D eigenvalue weighted by molar-refractivity contribution is 0.0820. The molecule has 1 aliphatic rings. The van der Waals surface area contributed by atoms with E-state index in [2.05, 4.69) is 5.16 Å². The maximum atomic E-state index is 14.1. The third-order valence-corrected chi connectivity index (χ3v) is 3.14. The topological polar surface area (TPSA) is 71.1 Å². The van der Waals surface area contributed by atoms with E-state index in [0.717, 1.165) is 13.0 Å². The number of nitrogens with two attached hydrogens (primary N) is 1. The summed E-state index contributed by atoms with van der Waals surface area (Å²) in [6, 6.07) is 4.57. The summed E-state index contributed by atoms with van der Waals surface area (Å²) in [6.07, 6.45) is 0.942. The molecule has 1 unspecified atom stereocenters. The molecule has 1 aliphatic heterocycles. The van der Waals surface area contributed by atoms with Crippen LogP contribution in [0.2, 0.25) is 0 Å². The molecule has 1 saturated heterocycles. The van der Waals surface area contributed by atoms with Crippen LogP contribution in [0.1, 0.15) is 18.9 Å². The van der Waals surface area contributed by atoms with Crippen LogP contribution in [0.15, 0.2) is 23.4 Å². The highest BCUT2D eigenvalue weighted by Gasteiger charge is 2.18. The Balaban J connectivity index is 2.25. The minimum absolute atomic E-state index is 0.0747. The Labute approximate surface area is 111 Å². The summed E-state index contributed by atoms with van der Waals surface area (Å²) in [7, 11) is 0. The quantitative estimate of drug-likeness (QED) is 0.369. The molecule has 1 heterocycles. The van der Waals surface area contributed by atoms with Crippen LogP contribution in [0.5, 0.6) is 0 Å². The van der Waals surface area contributed by atoms with Gasteiger partial charge in [0.25, 0.3) is 0 Å². The van der Waals surface area contributed by atoms with Gasteiger partial charge in [-0.1, -0.05) is 5.16 Å². The van der Waals surface area contributed by atoms with Crippen LogP contribution in [0.4, 0.5) is 10.1 Å².